The molecule has 18 atom stereocenters. The largest absolute Gasteiger partial charge is 0.481 e. The third kappa shape index (κ3) is 9.22. The van der Waals surface area contributed by atoms with Crippen molar-refractivity contribution >= 4 is 17.8 Å². The van der Waals surface area contributed by atoms with Gasteiger partial charge in [-0.2, -0.15) is 0 Å². The van der Waals surface area contributed by atoms with Crippen LogP contribution in [0.25, 0.3) is 0 Å². The van der Waals surface area contributed by atoms with Crippen molar-refractivity contribution in [3.05, 3.63) is 12.2 Å². The van der Waals surface area contributed by atoms with Gasteiger partial charge in [-0.3, -0.25) is 9.59 Å². The van der Waals surface area contributed by atoms with E-state index in [-0.39, 0.29) is 41.8 Å². The van der Waals surface area contributed by atoms with Crippen molar-refractivity contribution in [2.24, 2.45) is 40.9 Å². The van der Waals surface area contributed by atoms with Gasteiger partial charge >= 0.3 is 12.0 Å². The molecule has 14 nitrogen and oxygen atoms in total. The lowest BCUT2D eigenvalue weighted by molar-refractivity contribution is -0.398. The number of hydrogen-bond donors (Lipinski definition) is 4. The first-order chi connectivity index (χ1) is 29.9. The lowest BCUT2D eigenvalue weighted by Crippen LogP contribution is -2.66. The molecule has 5 heterocycles. The average molecular weight is 904 g/mol. The molecule has 1 saturated carbocycles. The summed E-state index contributed by atoms with van der Waals surface area (Å²) in [6, 6.07) is -0.904. The smallest absolute Gasteiger partial charge is 0.317 e. The molecule has 4 N–H and O–H groups in total. The number of carboxylic acids is 1. The molecular weight excluding hydrogens is 819 g/mol. The molecule has 64 heavy (non-hydrogen) atoms. The molecule has 1 aliphatic carbocycles. The standard InChI is InChI=1S/C50H85N3O11/c1-14-35(43(56)57)37-19-18-31(5)48(61-37)29-45(48,9)42(55)33(7)40(54)36(15-2)41-30(4)28-32(6)49(62-41)23-20-38(51-44(58)53(13)27-17-26-52(11)12)50(64-49)25-24-46(10,63-50)39-21-22-47(59,16-3)34(8)60-39/h20,23,30-39,41-42,55,59H,14-19,21-22,24-29H2,1-13H3,(H,51,58)(H,56,57)/t30-,31-,32+,33+,34-,35+,36?,37+,38+,39+,41-,42+,45?,46-,47+,48+,49-,50-/m0/s1. The zero-order valence-electron chi connectivity index (χ0n) is 41.5. The molecule has 0 bridgehead atoms. The van der Waals surface area contributed by atoms with Crippen molar-refractivity contribution in [1.82, 2.24) is 15.1 Å². The molecule has 6 aliphatic rings. The summed E-state index contributed by atoms with van der Waals surface area (Å²) in [5, 5.41) is 36.7. The Hall–Kier alpha value is -2.17. The van der Waals surface area contributed by atoms with Crippen LogP contribution in [0.3, 0.4) is 0 Å². The van der Waals surface area contributed by atoms with E-state index in [0.717, 1.165) is 19.4 Å². The maximum absolute atomic E-state index is 14.9. The highest BCUT2D eigenvalue weighted by Gasteiger charge is 2.74. The topological polar surface area (TPSA) is 177 Å². The Bertz CT molecular complexity index is 1720. The van der Waals surface area contributed by atoms with E-state index in [2.05, 4.69) is 31.0 Å². The molecule has 4 saturated heterocycles. The summed E-state index contributed by atoms with van der Waals surface area (Å²) < 4.78 is 35.0. The van der Waals surface area contributed by atoms with E-state index in [1.165, 1.54) is 0 Å². The number of urea groups is 1. The lowest BCUT2D eigenvalue weighted by atomic mass is 9.72. The van der Waals surface area contributed by atoms with Gasteiger partial charge in [0, 0.05) is 43.2 Å². The average Bonchev–Trinajstić information content (AvgIpc) is 3.70. The van der Waals surface area contributed by atoms with Crippen LogP contribution in [0, 0.1) is 40.9 Å². The Morgan fingerprint density at radius 2 is 1.58 bits per heavy atom. The van der Waals surface area contributed by atoms with Crippen molar-refractivity contribution in [2.75, 3.05) is 34.2 Å². The molecule has 14 heteroatoms. The number of nitrogens with one attached hydrogen (secondary N) is 1. The highest BCUT2D eigenvalue weighted by Crippen LogP contribution is 2.68. The number of ether oxygens (including phenoxy) is 5. The molecule has 6 rings (SSSR count). The van der Waals surface area contributed by atoms with Crippen molar-refractivity contribution < 1.29 is 53.4 Å². The number of aliphatic carboxylic acids is 1. The second-order valence-electron chi connectivity index (χ2n) is 22.0. The monoisotopic (exact) mass is 904 g/mol. The van der Waals surface area contributed by atoms with Gasteiger partial charge in [0.15, 0.2) is 11.6 Å². The summed E-state index contributed by atoms with van der Waals surface area (Å²) in [6.07, 6.45) is 8.48. The van der Waals surface area contributed by atoms with Gasteiger partial charge in [0.05, 0.1) is 53.2 Å². The molecule has 0 aromatic heterocycles. The first kappa shape index (κ1) is 51.2. The quantitative estimate of drug-likeness (QED) is 0.118. The Morgan fingerprint density at radius 3 is 2.19 bits per heavy atom. The van der Waals surface area contributed by atoms with Gasteiger partial charge in [-0.05, 0) is 123 Å². The number of Topliss-reactive ketones (excluding diaryl/α,β-unsaturated/α-hetero) is 1. The number of ketones is 1. The molecule has 0 aromatic carbocycles. The van der Waals surface area contributed by atoms with Crippen LogP contribution in [0.4, 0.5) is 4.79 Å². The van der Waals surface area contributed by atoms with E-state index in [1.807, 2.05) is 74.7 Å². The Kier molecular flexibility index (Phi) is 15.3. The van der Waals surface area contributed by atoms with E-state index >= 15 is 0 Å². The highest BCUT2D eigenvalue weighted by molar-refractivity contribution is 5.84. The molecule has 5 aliphatic heterocycles. The lowest BCUT2D eigenvalue weighted by Gasteiger charge is -2.55. The molecule has 2 unspecified atom stereocenters. The van der Waals surface area contributed by atoms with Gasteiger partial charge in [0.25, 0.3) is 0 Å². The molecule has 0 aromatic rings. The molecule has 5 fully saturated rings. The molecule has 2 amide bonds. The SMILES string of the molecule is CCC(C(=O)[C@@H](C)[C@@H](O)C1(C)C[C@]12O[C@@H]([C@@H](CC)C(=O)O)CC[C@@H]2C)[C@H]1O[C@]2(C=C[C@@H](NC(=O)N(C)CCCN(C)C)[C@]3(CC[C@@](C)([C@H]4CC[C@](O)(CC)[C@H](C)O4)O3)O2)[C@H](C)C[C@@H]1C. The predicted octanol–water partition coefficient (Wildman–Crippen LogP) is 6.93. The van der Waals surface area contributed by atoms with Gasteiger partial charge in [0.2, 0.25) is 0 Å². The van der Waals surface area contributed by atoms with E-state index in [0.29, 0.717) is 70.8 Å². The minimum atomic E-state index is -1.33. The van der Waals surface area contributed by atoms with Crippen LogP contribution in [0.1, 0.15) is 146 Å². The second kappa shape index (κ2) is 19.1. The predicted molar refractivity (Wildman–Crippen MR) is 243 cm³/mol. The fourth-order valence-corrected chi connectivity index (χ4v) is 12.7. The second-order valence-corrected chi connectivity index (χ2v) is 22.0. The number of aliphatic hydroxyl groups excluding tert-OH is 1. The number of carbonyl (C=O) groups is 3. The Morgan fingerprint density at radius 1 is 0.891 bits per heavy atom. The number of carbonyl (C=O) groups excluding carboxylic acids is 2. The van der Waals surface area contributed by atoms with Crippen molar-refractivity contribution in [3.63, 3.8) is 0 Å². The zero-order chi connectivity index (χ0) is 47.4. The summed E-state index contributed by atoms with van der Waals surface area (Å²) in [6.45, 7) is 21.4. The fourth-order valence-electron chi connectivity index (χ4n) is 12.7. The van der Waals surface area contributed by atoms with E-state index in [4.69, 9.17) is 23.7 Å². The summed E-state index contributed by atoms with van der Waals surface area (Å²) in [5.41, 5.74) is -3.12. The minimum absolute atomic E-state index is 0.0171. The van der Waals surface area contributed by atoms with Gasteiger partial charge in [0.1, 0.15) is 11.8 Å². The molecule has 3 spiro atoms. The van der Waals surface area contributed by atoms with Crippen molar-refractivity contribution in [2.45, 2.75) is 211 Å². The summed E-state index contributed by atoms with van der Waals surface area (Å²) in [7, 11) is 5.82. The highest BCUT2D eigenvalue weighted by atomic mass is 16.8. The molecule has 366 valence electrons. The van der Waals surface area contributed by atoms with Crippen LogP contribution in [0.2, 0.25) is 0 Å². The third-order valence-corrected chi connectivity index (χ3v) is 17.5. The normalized spacial score (nSPS) is 43.9. The van der Waals surface area contributed by atoms with Crippen molar-refractivity contribution in [3.8, 4) is 0 Å². The van der Waals surface area contributed by atoms with Crippen LogP contribution in [-0.2, 0) is 33.3 Å². The molecule has 0 radical (unpaired) electrons. The third-order valence-electron chi connectivity index (χ3n) is 17.5. The van der Waals surface area contributed by atoms with Gasteiger partial charge in [-0.1, -0.05) is 61.5 Å². The maximum atomic E-state index is 14.9. The number of amides is 2. The summed E-state index contributed by atoms with van der Waals surface area (Å²) in [4.78, 5) is 44.7. The Labute approximate surface area is 383 Å². The van der Waals surface area contributed by atoms with Crippen LogP contribution in [-0.4, -0.2) is 142 Å². The van der Waals surface area contributed by atoms with Crippen molar-refractivity contribution in [1.29, 1.82) is 0 Å². The van der Waals surface area contributed by atoms with E-state index < -0.39 is 81.9 Å². The first-order valence-corrected chi connectivity index (χ1v) is 24.8. The van der Waals surface area contributed by atoms with E-state index in [1.54, 1.807) is 11.9 Å². The van der Waals surface area contributed by atoms with Crippen LogP contribution in [0.5, 0.6) is 0 Å². The number of carboxylic acid groups (broad SMARTS) is 1. The fraction of sp³-hybridized carbons (Fsp3) is 0.900. The van der Waals surface area contributed by atoms with Gasteiger partial charge in [-0.25, -0.2) is 4.79 Å². The van der Waals surface area contributed by atoms with Crippen LogP contribution < -0.4 is 5.32 Å². The first-order valence-electron chi connectivity index (χ1n) is 24.8. The zero-order valence-corrected chi connectivity index (χ0v) is 41.5. The van der Waals surface area contributed by atoms with Crippen LogP contribution in [0.15, 0.2) is 12.2 Å². The summed E-state index contributed by atoms with van der Waals surface area (Å²) >= 11 is 0. The number of aliphatic hydroxyl groups is 2. The number of rotatable bonds is 16. The van der Waals surface area contributed by atoms with Gasteiger partial charge < -0.3 is 54.1 Å². The maximum Gasteiger partial charge on any atom is 0.317 e. The summed E-state index contributed by atoms with van der Waals surface area (Å²) in [5.74, 6) is -5.51. The molecular formula is C50H85N3O11. The van der Waals surface area contributed by atoms with Gasteiger partial charge in [-0.15, -0.1) is 0 Å². The van der Waals surface area contributed by atoms with E-state index in [9.17, 15) is 29.7 Å². The number of hydrogen-bond acceptors (Lipinski definition) is 11. The minimum Gasteiger partial charge on any atom is -0.481 e. The Balaban J connectivity index is 1.25. The number of nitrogens with zero attached hydrogens (tertiary/aromatic N) is 2. The van der Waals surface area contributed by atoms with Crippen LogP contribution >= 0.6 is 0 Å².